The number of nitrogens with zero attached hydrogens (tertiary/aromatic N) is 3. The van der Waals surface area contributed by atoms with Gasteiger partial charge in [-0.05, 0) is 18.2 Å². The van der Waals surface area contributed by atoms with Crippen molar-refractivity contribution in [2.45, 2.75) is 19.1 Å². The van der Waals surface area contributed by atoms with Crippen molar-refractivity contribution in [3.05, 3.63) is 48.9 Å². The lowest BCUT2D eigenvalue weighted by Crippen LogP contribution is -2.33. The lowest BCUT2D eigenvalue weighted by Gasteiger charge is -2.17. The van der Waals surface area contributed by atoms with Crippen molar-refractivity contribution in [3.8, 4) is 5.88 Å². The van der Waals surface area contributed by atoms with Gasteiger partial charge in [-0.15, -0.1) is 0 Å². The summed E-state index contributed by atoms with van der Waals surface area (Å²) in [7, 11) is 0. The van der Waals surface area contributed by atoms with Gasteiger partial charge in [0.05, 0.1) is 6.54 Å². The van der Waals surface area contributed by atoms with Crippen LogP contribution in [0.15, 0.2) is 48.9 Å². The molecular formula is C15H17N3O2. The number of ether oxygens (including phenoxy) is 1. The molecule has 1 aliphatic heterocycles. The Kier molecular flexibility index (Phi) is 3.67. The van der Waals surface area contributed by atoms with E-state index in [9.17, 15) is 4.79 Å². The van der Waals surface area contributed by atoms with E-state index >= 15 is 0 Å². The summed E-state index contributed by atoms with van der Waals surface area (Å²) in [5.41, 5.74) is 0. The molecular weight excluding hydrogens is 254 g/mol. The third kappa shape index (κ3) is 2.99. The minimum atomic E-state index is 0.0403. The average molecular weight is 271 g/mol. The first-order valence-electron chi connectivity index (χ1n) is 6.77. The van der Waals surface area contributed by atoms with E-state index in [0.717, 1.165) is 13.0 Å². The van der Waals surface area contributed by atoms with E-state index in [1.54, 1.807) is 6.20 Å². The second kappa shape index (κ2) is 5.77. The predicted octanol–water partition coefficient (Wildman–Crippen LogP) is 1.56. The minimum absolute atomic E-state index is 0.0403. The number of rotatable bonds is 4. The Morgan fingerprint density at radius 3 is 2.90 bits per heavy atom. The zero-order valence-electron chi connectivity index (χ0n) is 11.2. The zero-order valence-corrected chi connectivity index (χ0v) is 11.2. The van der Waals surface area contributed by atoms with Crippen molar-refractivity contribution in [3.63, 3.8) is 0 Å². The largest absolute Gasteiger partial charge is 0.472 e. The number of likely N-dealkylation sites (tertiary alicyclic amines) is 1. The number of pyridine rings is 1. The highest BCUT2D eigenvalue weighted by molar-refractivity contribution is 5.76. The van der Waals surface area contributed by atoms with Crippen LogP contribution in [-0.4, -0.2) is 39.6 Å². The van der Waals surface area contributed by atoms with Crippen LogP contribution < -0.4 is 4.74 Å². The van der Waals surface area contributed by atoms with E-state index in [2.05, 4.69) is 4.98 Å². The molecule has 3 heterocycles. The second-order valence-electron chi connectivity index (χ2n) is 4.89. The van der Waals surface area contributed by atoms with Gasteiger partial charge in [0.25, 0.3) is 0 Å². The molecule has 3 rings (SSSR count). The molecule has 0 N–H and O–H groups in total. The number of carbonyl (C=O) groups excluding carboxylic acids is 1. The Hall–Kier alpha value is -2.30. The number of amides is 1. The van der Waals surface area contributed by atoms with Gasteiger partial charge in [0.1, 0.15) is 12.6 Å². The molecule has 2 aromatic heterocycles. The second-order valence-corrected chi connectivity index (χ2v) is 4.89. The van der Waals surface area contributed by atoms with Crippen molar-refractivity contribution >= 4 is 5.91 Å². The van der Waals surface area contributed by atoms with Crippen molar-refractivity contribution in [2.24, 2.45) is 0 Å². The first-order valence-corrected chi connectivity index (χ1v) is 6.77. The fourth-order valence-corrected chi connectivity index (χ4v) is 2.37. The first-order chi connectivity index (χ1) is 9.81. The fourth-order valence-electron chi connectivity index (χ4n) is 2.37. The van der Waals surface area contributed by atoms with Gasteiger partial charge in [-0.2, -0.15) is 0 Å². The number of carbonyl (C=O) groups is 1. The van der Waals surface area contributed by atoms with Crippen LogP contribution in [0.3, 0.4) is 0 Å². The highest BCUT2D eigenvalue weighted by atomic mass is 16.5. The van der Waals surface area contributed by atoms with Gasteiger partial charge in [-0.1, -0.05) is 6.07 Å². The molecule has 0 aromatic carbocycles. The number of aromatic nitrogens is 2. The summed E-state index contributed by atoms with van der Waals surface area (Å²) in [6.07, 6.45) is 6.40. The molecule has 0 radical (unpaired) electrons. The van der Waals surface area contributed by atoms with Crippen LogP contribution in [0.5, 0.6) is 5.88 Å². The van der Waals surface area contributed by atoms with Crippen LogP contribution in [0.25, 0.3) is 0 Å². The predicted molar refractivity (Wildman–Crippen MR) is 74.3 cm³/mol. The molecule has 20 heavy (non-hydrogen) atoms. The van der Waals surface area contributed by atoms with E-state index < -0.39 is 0 Å². The van der Waals surface area contributed by atoms with E-state index in [-0.39, 0.29) is 12.0 Å². The van der Waals surface area contributed by atoms with Crippen LogP contribution in [-0.2, 0) is 11.3 Å². The van der Waals surface area contributed by atoms with Crippen molar-refractivity contribution in [1.82, 2.24) is 14.5 Å². The third-order valence-electron chi connectivity index (χ3n) is 3.41. The molecule has 5 heteroatoms. The van der Waals surface area contributed by atoms with Gasteiger partial charge in [0.15, 0.2) is 0 Å². The average Bonchev–Trinajstić information content (AvgIpc) is 3.11. The molecule has 1 unspecified atom stereocenters. The fraction of sp³-hybridized carbons (Fsp3) is 0.333. The third-order valence-corrected chi connectivity index (χ3v) is 3.41. The van der Waals surface area contributed by atoms with Gasteiger partial charge in [-0.3, -0.25) is 4.79 Å². The molecule has 104 valence electrons. The van der Waals surface area contributed by atoms with Gasteiger partial charge < -0.3 is 14.2 Å². The standard InChI is InChI=1S/C15H17N3O2/c19-15(12-17-8-3-4-9-17)18-10-6-13(11-18)20-14-5-1-2-7-16-14/h1-5,7-9,13H,6,10-12H2. The van der Waals surface area contributed by atoms with E-state index in [4.69, 9.17) is 4.74 Å². The molecule has 1 atom stereocenters. The number of hydrogen-bond donors (Lipinski definition) is 0. The summed E-state index contributed by atoms with van der Waals surface area (Å²) in [4.78, 5) is 18.1. The van der Waals surface area contributed by atoms with Gasteiger partial charge in [-0.25, -0.2) is 4.98 Å². The molecule has 1 aliphatic rings. The van der Waals surface area contributed by atoms with Gasteiger partial charge in [0, 0.05) is 37.6 Å². The summed E-state index contributed by atoms with van der Waals surface area (Å²) in [5.74, 6) is 0.755. The lowest BCUT2D eigenvalue weighted by atomic mass is 10.3. The van der Waals surface area contributed by atoms with Gasteiger partial charge in [0.2, 0.25) is 11.8 Å². The van der Waals surface area contributed by atoms with Crippen LogP contribution in [0.2, 0.25) is 0 Å². The van der Waals surface area contributed by atoms with Gasteiger partial charge >= 0.3 is 0 Å². The molecule has 0 aliphatic carbocycles. The smallest absolute Gasteiger partial charge is 0.242 e. The van der Waals surface area contributed by atoms with Crippen molar-refractivity contribution < 1.29 is 9.53 Å². The maximum Gasteiger partial charge on any atom is 0.242 e. The van der Waals surface area contributed by atoms with Crippen LogP contribution >= 0.6 is 0 Å². The summed E-state index contributed by atoms with van der Waals surface area (Å²) >= 11 is 0. The highest BCUT2D eigenvalue weighted by Gasteiger charge is 2.27. The topological polar surface area (TPSA) is 47.4 Å². The minimum Gasteiger partial charge on any atom is -0.472 e. The maximum atomic E-state index is 12.1. The van der Waals surface area contributed by atoms with Crippen LogP contribution in [0, 0.1) is 0 Å². The summed E-state index contributed by atoms with van der Waals surface area (Å²) < 4.78 is 7.66. The molecule has 0 saturated carbocycles. The molecule has 1 amide bonds. The Balaban J connectivity index is 1.53. The van der Waals surface area contributed by atoms with E-state index in [0.29, 0.717) is 19.0 Å². The zero-order chi connectivity index (χ0) is 13.8. The van der Waals surface area contributed by atoms with E-state index in [1.807, 2.05) is 52.2 Å². The monoisotopic (exact) mass is 271 g/mol. The Bertz CT molecular complexity index is 554. The molecule has 5 nitrogen and oxygen atoms in total. The van der Waals surface area contributed by atoms with Crippen LogP contribution in [0.1, 0.15) is 6.42 Å². The molecule has 2 aromatic rings. The Morgan fingerprint density at radius 1 is 1.30 bits per heavy atom. The first kappa shape index (κ1) is 12.7. The lowest BCUT2D eigenvalue weighted by molar-refractivity contribution is -0.131. The van der Waals surface area contributed by atoms with E-state index in [1.165, 1.54) is 0 Å². The quantitative estimate of drug-likeness (QED) is 0.848. The van der Waals surface area contributed by atoms with Crippen molar-refractivity contribution in [2.75, 3.05) is 13.1 Å². The van der Waals surface area contributed by atoms with Crippen molar-refractivity contribution in [1.29, 1.82) is 0 Å². The van der Waals surface area contributed by atoms with Crippen LogP contribution in [0.4, 0.5) is 0 Å². The Morgan fingerprint density at radius 2 is 2.15 bits per heavy atom. The Labute approximate surface area is 117 Å². The summed E-state index contributed by atoms with van der Waals surface area (Å²) in [6.45, 7) is 1.78. The summed E-state index contributed by atoms with van der Waals surface area (Å²) in [5, 5.41) is 0. The number of hydrogen-bond acceptors (Lipinski definition) is 3. The normalized spacial score (nSPS) is 18.2. The SMILES string of the molecule is O=C(Cn1cccc1)N1CCC(Oc2ccccn2)C1. The molecule has 0 bridgehead atoms. The highest BCUT2D eigenvalue weighted by Crippen LogP contribution is 2.16. The molecule has 1 saturated heterocycles. The maximum absolute atomic E-state index is 12.1. The molecule has 0 spiro atoms. The molecule has 1 fully saturated rings. The summed E-state index contributed by atoms with van der Waals surface area (Å²) in [6, 6.07) is 9.43.